The third-order valence-corrected chi connectivity index (χ3v) is 4.80. The molecule has 3 heteroatoms. The zero-order chi connectivity index (χ0) is 16.8. The topological polar surface area (TPSA) is 37.6 Å². The van der Waals surface area contributed by atoms with Gasteiger partial charge in [0.05, 0.1) is 6.54 Å². The predicted octanol–water partition coefficient (Wildman–Crippen LogP) is 2.10. The highest BCUT2D eigenvalue weighted by molar-refractivity contribution is 5.30. The van der Waals surface area contributed by atoms with Crippen LogP contribution in [0, 0.1) is 11.8 Å². The van der Waals surface area contributed by atoms with Crippen LogP contribution in [0.1, 0.15) is 43.4 Å². The van der Waals surface area contributed by atoms with Crippen LogP contribution in [-0.2, 0) is 5.60 Å². The maximum absolute atomic E-state index is 10.6. The second kappa shape index (κ2) is 7.61. The van der Waals surface area contributed by atoms with Crippen molar-refractivity contribution in [3.63, 3.8) is 0 Å². The lowest BCUT2D eigenvalue weighted by Crippen LogP contribution is -3.13. The van der Waals surface area contributed by atoms with E-state index in [9.17, 15) is 5.11 Å². The molecule has 0 bridgehead atoms. The smallest absolute Gasteiger partial charge is 0.148 e. The van der Waals surface area contributed by atoms with Crippen molar-refractivity contribution in [2.75, 3.05) is 13.1 Å². The van der Waals surface area contributed by atoms with Gasteiger partial charge in [0.2, 0.25) is 0 Å². The van der Waals surface area contributed by atoms with Gasteiger partial charge in [-0.15, -0.1) is 0 Å². The second-order valence-corrected chi connectivity index (χ2v) is 6.66. The predicted molar refractivity (Wildman–Crippen MR) is 95.3 cm³/mol. The van der Waals surface area contributed by atoms with Crippen molar-refractivity contribution < 1.29 is 10.0 Å². The molecular weight excluding hydrogens is 296 g/mol. The Morgan fingerprint density at radius 2 is 2.04 bits per heavy atom. The van der Waals surface area contributed by atoms with Crippen LogP contribution in [0.4, 0.5) is 0 Å². The number of piperidine rings is 1. The van der Waals surface area contributed by atoms with Crippen LogP contribution >= 0.6 is 0 Å². The summed E-state index contributed by atoms with van der Waals surface area (Å²) in [6, 6.07) is 14.3. The van der Waals surface area contributed by atoms with E-state index in [0.717, 1.165) is 18.7 Å². The summed E-state index contributed by atoms with van der Waals surface area (Å²) < 4.78 is 0. The zero-order valence-electron chi connectivity index (χ0n) is 14.2. The molecule has 2 N–H and O–H groups in total. The standard InChI is InChI=1S/C21H24N2O/c1-21(24,19-10-3-2-4-11-19)13-8-16-23-15-6-5-12-20(23)18-9-7-14-22-17-18/h2-4,7,9-11,14,17,20,24H,5-6,12,15-16H2,1H3/p+1/t20-,21-/m1/s1. The van der Waals surface area contributed by atoms with Crippen LogP contribution in [-0.4, -0.2) is 23.2 Å². The summed E-state index contributed by atoms with van der Waals surface area (Å²) in [5.74, 6) is 6.30. The van der Waals surface area contributed by atoms with Gasteiger partial charge in [-0.1, -0.05) is 42.3 Å². The molecule has 3 rings (SSSR count). The molecule has 1 aromatic heterocycles. The van der Waals surface area contributed by atoms with Crippen LogP contribution in [0.25, 0.3) is 0 Å². The Hall–Kier alpha value is -2.15. The van der Waals surface area contributed by atoms with Gasteiger partial charge < -0.3 is 10.0 Å². The molecular formula is C21H25N2O+. The van der Waals surface area contributed by atoms with E-state index in [-0.39, 0.29) is 0 Å². The van der Waals surface area contributed by atoms with E-state index in [1.165, 1.54) is 29.7 Å². The zero-order valence-corrected chi connectivity index (χ0v) is 14.2. The highest BCUT2D eigenvalue weighted by Crippen LogP contribution is 2.19. The maximum Gasteiger partial charge on any atom is 0.148 e. The number of pyridine rings is 1. The van der Waals surface area contributed by atoms with E-state index in [1.807, 2.05) is 48.8 Å². The van der Waals surface area contributed by atoms with E-state index < -0.39 is 5.60 Å². The lowest BCUT2D eigenvalue weighted by Gasteiger charge is -2.31. The molecule has 3 atom stereocenters. The van der Waals surface area contributed by atoms with Gasteiger partial charge in [-0.3, -0.25) is 4.98 Å². The fourth-order valence-corrected chi connectivity index (χ4v) is 3.44. The normalized spacial score (nSPS) is 22.9. The van der Waals surface area contributed by atoms with Gasteiger partial charge in [0.15, 0.2) is 0 Å². The molecule has 1 aliphatic heterocycles. The summed E-state index contributed by atoms with van der Waals surface area (Å²) in [6.45, 7) is 3.64. The average Bonchev–Trinajstić information content (AvgIpc) is 2.63. The van der Waals surface area contributed by atoms with Crippen molar-refractivity contribution in [3.8, 4) is 11.8 Å². The third kappa shape index (κ3) is 4.03. The van der Waals surface area contributed by atoms with Crippen molar-refractivity contribution in [1.29, 1.82) is 0 Å². The summed E-state index contributed by atoms with van der Waals surface area (Å²) in [6.07, 6.45) is 7.48. The van der Waals surface area contributed by atoms with Gasteiger partial charge in [-0.25, -0.2) is 0 Å². The lowest BCUT2D eigenvalue weighted by molar-refractivity contribution is -0.930. The Morgan fingerprint density at radius 1 is 1.21 bits per heavy atom. The van der Waals surface area contributed by atoms with Crippen LogP contribution in [0.2, 0.25) is 0 Å². The minimum absolute atomic E-state index is 0.462. The molecule has 0 amide bonds. The van der Waals surface area contributed by atoms with Crippen LogP contribution in [0.3, 0.4) is 0 Å². The van der Waals surface area contributed by atoms with E-state index in [4.69, 9.17) is 0 Å². The average molecular weight is 321 g/mol. The highest BCUT2D eigenvalue weighted by atomic mass is 16.3. The van der Waals surface area contributed by atoms with Crippen molar-refractivity contribution in [1.82, 2.24) is 4.98 Å². The van der Waals surface area contributed by atoms with Crippen molar-refractivity contribution in [2.45, 2.75) is 37.8 Å². The molecule has 124 valence electrons. The number of aliphatic hydroxyl groups is 1. The SMILES string of the molecule is C[C@@](O)(C#CC[NH+]1CCCC[C@@H]1c1cccnc1)c1ccccc1. The van der Waals surface area contributed by atoms with E-state index >= 15 is 0 Å². The molecule has 1 aliphatic rings. The Kier molecular flexibility index (Phi) is 5.30. The number of likely N-dealkylation sites (tertiary alicyclic amines) is 1. The van der Waals surface area contributed by atoms with Gasteiger partial charge in [-0.2, -0.15) is 0 Å². The second-order valence-electron chi connectivity index (χ2n) is 6.66. The summed E-state index contributed by atoms with van der Waals surface area (Å²) >= 11 is 0. The van der Waals surface area contributed by atoms with Gasteiger partial charge in [0, 0.05) is 24.4 Å². The molecule has 2 heterocycles. The first-order valence-corrected chi connectivity index (χ1v) is 8.69. The first kappa shape index (κ1) is 16.7. The molecule has 0 spiro atoms. The molecule has 1 fully saturated rings. The van der Waals surface area contributed by atoms with E-state index in [2.05, 4.69) is 22.9 Å². The van der Waals surface area contributed by atoms with E-state index in [1.54, 1.807) is 6.92 Å². The number of nitrogens with one attached hydrogen (secondary N) is 1. The molecule has 2 aromatic rings. The summed E-state index contributed by atoms with van der Waals surface area (Å²) in [5, 5.41) is 10.6. The minimum Gasteiger partial charge on any atom is -0.374 e. The summed E-state index contributed by atoms with van der Waals surface area (Å²) in [5.41, 5.74) is 1.04. The Bertz CT molecular complexity index is 701. The van der Waals surface area contributed by atoms with Gasteiger partial charge in [-0.05, 0) is 37.3 Å². The van der Waals surface area contributed by atoms with Crippen molar-refractivity contribution in [2.24, 2.45) is 0 Å². The third-order valence-electron chi connectivity index (χ3n) is 4.80. The first-order valence-electron chi connectivity index (χ1n) is 8.69. The largest absolute Gasteiger partial charge is 0.374 e. The molecule has 1 aromatic carbocycles. The van der Waals surface area contributed by atoms with Crippen LogP contribution in [0.5, 0.6) is 0 Å². The number of quaternary nitrogens is 1. The van der Waals surface area contributed by atoms with Crippen molar-refractivity contribution >= 4 is 0 Å². The van der Waals surface area contributed by atoms with Crippen LogP contribution < -0.4 is 4.90 Å². The Balaban J connectivity index is 1.71. The molecule has 3 nitrogen and oxygen atoms in total. The number of rotatable bonds is 3. The molecule has 1 saturated heterocycles. The summed E-state index contributed by atoms with van der Waals surface area (Å²) in [4.78, 5) is 5.74. The maximum atomic E-state index is 10.6. The Morgan fingerprint density at radius 3 is 2.79 bits per heavy atom. The van der Waals surface area contributed by atoms with Gasteiger partial charge in [0.25, 0.3) is 0 Å². The van der Waals surface area contributed by atoms with Crippen LogP contribution in [0.15, 0.2) is 54.9 Å². The number of nitrogens with zero attached hydrogens (tertiary/aromatic N) is 1. The molecule has 24 heavy (non-hydrogen) atoms. The molecule has 1 unspecified atom stereocenters. The lowest BCUT2D eigenvalue weighted by atomic mass is 9.95. The number of aromatic nitrogens is 1. The monoisotopic (exact) mass is 321 g/mol. The highest BCUT2D eigenvalue weighted by Gasteiger charge is 2.27. The number of benzene rings is 1. The van der Waals surface area contributed by atoms with Gasteiger partial charge >= 0.3 is 0 Å². The summed E-state index contributed by atoms with van der Waals surface area (Å²) in [7, 11) is 0. The molecule has 0 radical (unpaired) electrons. The van der Waals surface area contributed by atoms with Crippen molar-refractivity contribution in [3.05, 3.63) is 66.0 Å². The number of hydrogen-bond donors (Lipinski definition) is 2. The van der Waals surface area contributed by atoms with Gasteiger partial charge in [0.1, 0.15) is 18.2 Å². The number of hydrogen-bond acceptors (Lipinski definition) is 2. The molecule has 0 aliphatic carbocycles. The van der Waals surface area contributed by atoms with E-state index in [0.29, 0.717) is 6.04 Å². The Labute approximate surface area is 144 Å². The first-order chi connectivity index (χ1) is 11.7. The fraction of sp³-hybridized carbons (Fsp3) is 0.381. The minimum atomic E-state index is -1.10. The fourth-order valence-electron chi connectivity index (χ4n) is 3.44. The molecule has 0 saturated carbocycles. The quantitative estimate of drug-likeness (QED) is 0.850.